The van der Waals surface area contributed by atoms with Crippen LogP contribution in [0.25, 0.3) is 0 Å². The van der Waals surface area contributed by atoms with Crippen LogP contribution in [0.4, 0.5) is 0 Å². The van der Waals surface area contributed by atoms with Crippen molar-refractivity contribution >= 4 is 11.8 Å². The number of nitrogens with one attached hydrogen (secondary N) is 2. The number of hydrogen-bond acceptors (Lipinski definition) is 3. The van der Waals surface area contributed by atoms with Gasteiger partial charge in [-0.2, -0.15) is 5.10 Å². The predicted molar refractivity (Wildman–Crippen MR) is 97.4 cm³/mol. The maximum Gasteiger partial charge on any atom is 0.251 e. The SMILES string of the molecule is C[C@@H](CNC(=O)c1ccc(C(=O)NC(C)(C)C)cc1)Cn1cccn1. The highest BCUT2D eigenvalue weighted by atomic mass is 16.2. The van der Waals surface area contributed by atoms with Crippen LogP contribution in [0, 0.1) is 5.92 Å². The van der Waals surface area contributed by atoms with Crippen LogP contribution in [0.1, 0.15) is 48.4 Å². The highest BCUT2D eigenvalue weighted by Gasteiger charge is 2.16. The molecule has 0 fully saturated rings. The molecule has 2 rings (SSSR count). The molecule has 6 heteroatoms. The average Bonchev–Trinajstić information content (AvgIpc) is 3.04. The molecule has 0 bridgehead atoms. The molecule has 134 valence electrons. The number of carbonyl (C=O) groups excluding carboxylic acids is 2. The van der Waals surface area contributed by atoms with Crippen LogP contribution >= 0.6 is 0 Å². The van der Waals surface area contributed by atoms with E-state index in [0.717, 1.165) is 6.54 Å². The molecule has 0 saturated carbocycles. The van der Waals surface area contributed by atoms with Crippen LogP contribution in [0.3, 0.4) is 0 Å². The highest BCUT2D eigenvalue weighted by Crippen LogP contribution is 2.08. The monoisotopic (exact) mass is 342 g/mol. The summed E-state index contributed by atoms with van der Waals surface area (Å²) >= 11 is 0. The van der Waals surface area contributed by atoms with E-state index in [1.165, 1.54) is 0 Å². The zero-order chi connectivity index (χ0) is 18.4. The van der Waals surface area contributed by atoms with Gasteiger partial charge in [0.1, 0.15) is 0 Å². The zero-order valence-electron chi connectivity index (χ0n) is 15.2. The Morgan fingerprint density at radius 1 is 1.12 bits per heavy atom. The molecule has 0 saturated heterocycles. The van der Waals surface area contributed by atoms with Gasteiger partial charge in [0.05, 0.1) is 0 Å². The fourth-order valence-electron chi connectivity index (χ4n) is 2.35. The van der Waals surface area contributed by atoms with E-state index in [9.17, 15) is 9.59 Å². The van der Waals surface area contributed by atoms with Crippen molar-refractivity contribution in [2.24, 2.45) is 5.92 Å². The second-order valence-corrected chi connectivity index (χ2v) is 7.32. The van der Waals surface area contributed by atoms with Gasteiger partial charge >= 0.3 is 0 Å². The number of aromatic nitrogens is 2. The van der Waals surface area contributed by atoms with Gasteiger partial charge in [-0.1, -0.05) is 6.92 Å². The summed E-state index contributed by atoms with van der Waals surface area (Å²) in [7, 11) is 0. The first-order valence-electron chi connectivity index (χ1n) is 8.43. The summed E-state index contributed by atoms with van der Waals surface area (Å²) < 4.78 is 1.85. The molecule has 2 aromatic rings. The number of amides is 2. The smallest absolute Gasteiger partial charge is 0.251 e. The molecule has 1 aromatic carbocycles. The lowest BCUT2D eigenvalue weighted by atomic mass is 10.1. The number of benzene rings is 1. The molecular formula is C19H26N4O2. The zero-order valence-corrected chi connectivity index (χ0v) is 15.2. The quantitative estimate of drug-likeness (QED) is 0.847. The Kier molecular flexibility index (Phi) is 5.96. The largest absolute Gasteiger partial charge is 0.352 e. The number of nitrogens with zero attached hydrogens (tertiary/aromatic N) is 2. The first-order valence-corrected chi connectivity index (χ1v) is 8.43. The van der Waals surface area contributed by atoms with E-state index in [4.69, 9.17) is 0 Å². The van der Waals surface area contributed by atoms with Crippen LogP contribution in [0.5, 0.6) is 0 Å². The molecule has 25 heavy (non-hydrogen) atoms. The lowest BCUT2D eigenvalue weighted by Gasteiger charge is -2.20. The number of rotatable bonds is 6. The van der Waals surface area contributed by atoms with Crippen molar-refractivity contribution in [1.29, 1.82) is 0 Å². The summed E-state index contributed by atoms with van der Waals surface area (Å²) in [5.41, 5.74) is 0.787. The number of hydrogen-bond donors (Lipinski definition) is 2. The Balaban J connectivity index is 1.86. The van der Waals surface area contributed by atoms with Crippen molar-refractivity contribution in [3.8, 4) is 0 Å². The van der Waals surface area contributed by atoms with Crippen molar-refractivity contribution in [1.82, 2.24) is 20.4 Å². The van der Waals surface area contributed by atoms with Gasteiger partial charge < -0.3 is 10.6 Å². The molecule has 0 unspecified atom stereocenters. The summed E-state index contributed by atoms with van der Waals surface area (Å²) in [5, 5.41) is 9.97. The maximum absolute atomic E-state index is 12.2. The minimum absolute atomic E-state index is 0.143. The molecule has 0 radical (unpaired) electrons. The lowest BCUT2D eigenvalue weighted by Crippen LogP contribution is -2.40. The fourth-order valence-corrected chi connectivity index (χ4v) is 2.35. The molecule has 2 amide bonds. The van der Waals surface area contributed by atoms with E-state index in [2.05, 4.69) is 22.7 Å². The van der Waals surface area contributed by atoms with E-state index in [-0.39, 0.29) is 23.3 Å². The molecular weight excluding hydrogens is 316 g/mol. The van der Waals surface area contributed by atoms with Gasteiger partial charge in [0.2, 0.25) is 0 Å². The average molecular weight is 342 g/mol. The predicted octanol–water partition coefficient (Wildman–Crippen LogP) is 2.48. The third kappa shape index (κ3) is 6.06. The van der Waals surface area contributed by atoms with Crippen molar-refractivity contribution in [2.75, 3.05) is 6.54 Å². The normalized spacial score (nSPS) is 12.5. The molecule has 1 heterocycles. The van der Waals surface area contributed by atoms with E-state index >= 15 is 0 Å². The minimum atomic E-state index is -0.294. The minimum Gasteiger partial charge on any atom is -0.352 e. The van der Waals surface area contributed by atoms with Gasteiger partial charge in [-0.15, -0.1) is 0 Å². The van der Waals surface area contributed by atoms with Crippen molar-refractivity contribution in [2.45, 2.75) is 39.8 Å². The first kappa shape index (κ1) is 18.7. The van der Waals surface area contributed by atoms with Gasteiger partial charge in [0, 0.05) is 42.1 Å². The molecule has 0 aliphatic carbocycles. The van der Waals surface area contributed by atoms with Crippen molar-refractivity contribution in [3.05, 3.63) is 53.9 Å². The van der Waals surface area contributed by atoms with Crippen molar-refractivity contribution < 1.29 is 9.59 Å². The Morgan fingerprint density at radius 2 is 1.72 bits per heavy atom. The summed E-state index contributed by atoms with van der Waals surface area (Å²) in [6.07, 6.45) is 3.64. The molecule has 0 aliphatic rings. The van der Waals surface area contributed by atoms with Gasteiger partial charge in [-0.25, -0.2) is 0 Å². The second kappa shape index (κ2) is 7.96. The van der Waals surface area contributed by atoms with Crippen LogP contribution in [-0.4, -0.2) is 33.7 Å². The van der Waals surface area contributed by atoms with Gasteiger partial charge in [0.25, 0.3) is 11.8 Å². The Bertz CT molecular complexity index is 700. The fraction of sp³-hybridized carbons (Fsp3) is 0.421. The topological polar surface area (TPSA) is 76.0 Å². The first-order chi connectivity index (χ1) is 11.7. The van der Waals surface area contributed by atoms with Gasteiger partial charge in [0.15, 0.2) is 0 Å². The van der Waals surface area contributed by atoms with Crippen molar-refractivity contribution in [3.63, 3.8) is 0 Å². The molecule has 0 spiro atoms. The molecule has 0 aliphatic heterocycles. The lowest BCUT2D eigenvalue weighted by molar-refractivity contribution is 0.0914. The molecule has 6 nitrogen and oxygen atoms in total. The maximum atomic E-state index is 12.2. The Labute approximate surface area is 148 Å². The Morgan fingerprint density at radius 3 is 2.24 bits per heavy atom. The summed E-state index contributed by atoms with van der Waals surface area (Å²) in [6, 6.07) is 8.56. The van der Waals surface area contributed by atoms with E-state index < -0.39 is 0 Å². The van der Waals surface area contributed by atoms with Gasteiger partial charge in [-0.05, 0) is 57.0 Å². The van der Waals surface area contributed by atoms with Crippen LogP contribution in [-0.2, 0) is 6.54 Å². The highest BCUT2D eigenvalue weighted by molar-refractivity contribution is 5.98. The van der Waals surface area contributed by atoms with Crippen LogP contribution < -0.4 is 10.6 Å². The molecule has 1 aromatic heterocycles. The van der Waals surface area contributed by atoms with E-state index in [1.54, 1.807) is 30.5 Å². The Hall–Kier alpha value is -2.63. The molecule has 2 N–H and O–H groups in total. The van der Waals surface area contributed by atoms with E-state index in [1.807, 2.05) is 37.7 Å². The van der Waals surface area contributed by atoms with Crippen LogP contribution in [0.15, 0.2) is 42.7 Å². The summed E-state index contributed by atoms with van der Waals surface area (Å²) in [4.78, 5) is 24.3. The second-order valence-electron chi connectivity index (χ2n) is 7.32. The van der Waals surface area contributed by atoms with E-state index in [0.29, 0.717) is 17.7 Å². The van der Waals surface area contributed by atoms with Crippen LogP contribution in [0.2, 0.25) is 0 Å². The third-order valence-electron chi connectivity index (χ3n) is 3.57. The standard InChI is InChI=1S/C19H26N4O2/c1-14(13-23-11-5-10-21-23)12-20-17(24)15-6-8-16(9-7-15)18(25)22-19(2,3)4/h5-11,14H,12-13H2,1-4H3,(H,20,24)(H,22,25)/t14-/m0/s1. The molecule has 1 atom stereocenters. The number of carbonyl (C=O) groups is 2. The summed E-state index contributed by atoms with van der Waals surface area (Å²) in [6.45, 7) is 9.15. The third-order valence-corrected chi connectivity index (χ3v) is 3.57. The van der Waals surface area contributed by atoms with Gasteiger partial charge in [-0.3, -0.25) is 14.3 Å². The summed E-state index contributed by atoms with van der Waals surface area (Å²) in [5.74, 6) is -0.0249.